The molecule has 2 aliphatic heterocycles. The Bertz CT molecular complexity index is 1610. The number of hydrogen-bond donors (Lipinski definition) is 2. The van der Waals surface area contributed by atoms with Crippen molar-refractivity contribution in [3.63, 3.8) is 0 Å². The Morgan fingerprint density at radius 1 is 0.955 bits per heavy atom. The van der Waals surface area contributed by atoms with Crippen LogP contribution in [0.4, 0.5) is 36.3 Å². The van der Waals surface area contributed by atoms with E-state index in [-0.39, 0.29) is 5.56 Å². The molecule has 0 bridgehead atoms. The molecule has 2 aromatic heterocycles. The van der Waals surface area contributed by atoms with Crippen molar-refractivity contribution in [2.24, 2.45) is 0 Å². The second-order valence-corrected chi connectivity index (χ2v) is 10.9. The number of carbonyl (C=O) groups excluding carboxylic acids is 1. The summed E-state index contributed by atoms with van der Waals surface area (Å²) in [5, 5.41) is 5.99. The largest absolute Gasteiger partial charge is 0.416 e. The predicted molar refractivity (Wildman–Crippen MR) is 161 cm³/mol. The smallest absolute Gasteiger partial charge is 0.379 e. The highest BCUT2D eigenvalue weighted by molar-refractivity contribution is 6.04. The van der Waals surface area contributed by atoms with Gasteiger partial charge >= 0.3 is 6.18 Å². The van der Waals surface area contributed by atoms with Crippen molar-refractivity contribution >= 4 is 29.0 Å². The minimum Gasteiger partial charge on any atom is -0.379 e. The summed E-state index contributed by atoms with van der Waals surface area (Å²) in [5.74, 6) is 1.36. The van der Waals surface area contributed by atoms with E-state index in [1.807, 2.05) is 17.6 Å². The minimum absolute atomic E-state index is 0.0876. The van der Waals surface area contributed by atoms with Gasteiger partial charge in [-0.05, 0) is 55.7 Å². The maximum absolute atomic E-state index is 13.1. The fourth-order valence-electron chi connectivity index (χ4n) is 5.62. The highest BCUT2D eigenvalue weighted by atomic mass is 19.4. The van der Waals surface area contributed by atoms with Gasteiger partial charge in [0.2, 0.25) is 5.95 Å². The SMILES string of the molecule is Cc1ccc(NC(=O)c2cccc(C(F)(F)F)c2)cc1Nc1nccn1-c1cc(N2CCC(N3CCOCC3)CC2)ncn1. The number of imidazole rings is 1. The Morgan fingerprint density at radius 3 is 2.50 bits per heavy atom. The molecule has 1 amide bonds. The third-order valence-corrected chi connectivity index (χ3v) is 8.07. The number of hydrogen-bond acceptors (Lipinski definition) is 8. The van der Waals surface area contributed by atoms with E-state index in [0.717, 1.165) is 75.7 Å². The van der Waals surface area contributed by atoms with E-state index in [9.17, 15) is 18.0 Å². The van der Waals surface area contributed by atoms with Crippen LogP contribution in [0.25, 0.3) is 5.82 Å². The van der Waals surface area contributed by atoms with Gasteiger partial charge in [-0.3, -0.25) is 14.3 Å². The molecule has 2 aliphatic rings. The number of carbonyl (C=O) groups is 1. The van der Waals surface area contributed by atoms with Crippen LogP contribution in [0.3, 0.4) is 0 Å². The maximum Gasteiger partial charge on any atom is 0.416 e. The maximum atomic E-state index is 13.1. The molecule has 2 saturated heterocycles. The number of halogens is 3. The summed E-state index contributed by atoms with van der Waals surface area (Å²) in [6.07, 6.45) is 2.61. The molecule has 4 heterocycles. The third-order valence-electron chi connectivity index (χ3n) is 8.07. The summed E-state index contributed by atoms with van der Waals surface area (Å²) >= 11 is 0. The van der Waals surface area contributed by atoms with E-state index in [0.29, 0.717) is 29.2 Å². The van der Waals surface area contributed by atoms with Gasteiger partial charge in [-0.15, -0.1) is 0 Å². The highest BCUT2D eigenvalue weighted by Crippen LogP contribution is 2.30. The fourth-order valence-corrected chi connectivity index (χ4v) is 5.62. The second kappa shape index (κ2) is 12.6. The molecular weight excluding hydrogens is 573 g/mol. The van der Waals surface area contributed by atoms with Crippen LogP contribution in [0, 0.1) is 6.92 Å². The third kappa shape index (κ3) is 6.68. The number of nitrogens with zero attached hydrogens (tertiary/aromatic N) is 6. The molecule has 0 aliphatic carbocycles. The summed E-state index contributed by atoms with van der Waals surface area (Å²) in [7, 11) is 0. The Morgan fingerprint density at radius 2 is 1.73 bits per heavy atom. The van der Waals surface area contributed by atoms with E-state index < -0.39 is 17.6 Å². The number of aromatic nitrogens is 4. The van der Waals surface area contributed by atoms with E-state index in [1.165, 1.54) is 12.1 Å². The molecule has 2 fully saturated rings. The van der Waals surface area contributed by atoms with Gasteiger partial charge in [-0.25, -0.2) is 15.0 Å². The molecule has 10 nitrogen and oxygen atoms in total. The summed E-state index contributed by atoms with van der Waals surface area (Å²) in [4.78, 5) is 31.1. The van der Waals surface area contributed by atoms with Crippen molar-refractivity contribution in [1.29, 1.82) is 0 Å². The molecule has 44 heavy (non-hydrogen) atoms. The van der Waals surface area contributed by atoms with E-state index in [4.69, 9.17) is 4.74 Å². The minimum atomic E-state index is -4.54. The zero-order valence-electron chi connectivity index (χ0n) is 24.2. The topological polar surface area (TPSA) is 100 Å². The summed E-state index contributed by atoms with van der Waals surface area (Å²) in [6.45, 7) is 7.30. The van der Waals surface area contributed by atoms with Gasteiger partial charge in [0.05, 0.1) is 18.8 Å². The molecule has 0 saturated carbocycles. The van der Waals surface area contributed by atoms with Crippen LogP contribution in [-0.2, 0) is 10.9 Å². The predicted octanol–water partition coefficient (Wildman–Crippen LogP) is 5.29. The molecular formula is C31H33F3N8O2. The van der Waals surface area contributed by atoms with Crippen LogP contribution >= 0.6 is 0 Å². The van der Waals surface area contributed by atoms with Crippen LogP contribution in [0.2, 0.25) is 0 Å². The number of morpholine rings is 1. The van der Waals surface area contributed by atoms with E-state index in [1.54, 1.807) is 36.9 Å². The Kier molecular flexibility index (Phi) is 8.49. The van der Waals surface area contributed by atoms with Crippen molar-refractivity contribution in [2.45, 2.75) is 32.0 Å². The monoisotopic (exact) mass is 606 g/mol. The Balaban J connectivity index is 1.14. The Labute approximate surface area is 252 Å². The van der Waals surface area contributed by atoms with Gasteiger partial charge in [0, 0.05) is 67.6 Å². The zero-order chi connectivity index (χ0) is 30.7. The molecule has 13 heteroatoms. The number of anilines is 4. The molecule has 6 rings (SSSR count). The van der Waals surface area contributed by atoms with Crippen molar-refractivity contribution < 1.29 is 22.7 Å². The van der Waals surface area contributed by atoms with Crippen molar-refractivity contribution in [2.75, 3.05) is 54.9 Å². The van der Waals surface area contributed by atoms with Crippen molar-refractivity contribution in [3.8, 4) is 5.82 Å². The number of amides is 1. The fraction of sp³-hybridized carbons (Fsp3) is 0.355. The number of nitrogens with one attached hydrogen (secondary N) is 2. The first-order valence-corrected chi connectivity index (χ1v) is 14.5. The van der Waals surface area contributed by atoms with Gasteiger partial charge in [-0.2, -0.15) is 13.2 Å². The molecule has 230 valence electrons. The summed E-state index contributed by atoms with van der Waals surface area (Å²) in [6, 6.07) is 12.0. The molecule has 0 spiro atoms. The van der Waals surface area contributed by atoms with Gasteiger partial charge in [0.1, 0.15) is 18.0 Å². The molecule has 0 atom stereocenters. The number of ether oxygens (including phenoxy) is 1. The molecule has 4 aromatic rings. The average molecular weight is 607 g/mol. The van der Waals surface area contributed by atoms with Crippen molar-refractivity contribution in [1.82, 2.24) is 24.4 Å². The number of alkyl halides is 3. The first-order chi connectivity index (χ1) is 21.2. The van der Waals surface area contributed by atoms with Gasteiger partial charge in [0.25, 0.3) is 5.91 Å². The lowest BCUT2D eigenvalue weighted by molar-refractivity contribution is -0.137. The molecule has 0 unspecified atom stereocenters. The molecule has 2 aromatic carbocycles. The number of benzene rings is 2. The van der Waals surface area contributed by atoms with E-state index >= 15 is 0 Å². The van der Waals surface area contributed by atoms with Crippen LogP contribution in [-0.4, -0.2) is 75.8 Å². The van der Waals surface area contributed by atoms with Crippen LogP contribution < -0.4 is 15.5 Å². The van der Waals surface area contributed by atoms with Crippen LogP contribution in [0.1, 0.15) is 34.3 Å². The van der Waals surface area contributed by atoms with Crippen molar-refractivity contribution in [3.05, 3.63) is 83.9 Å². The van der Waals surface area contributed by atoms with Crippen LogP contribution in [0.15, 0.2) is 67.3 Å². The first-order valence-electron chi connectivity index (χ1n) is 14.5. The summed E-state index contributed by atoms with van der Waals surface area (Å²) < 4.78 is 46.7. The number of aryl methyl sites for hydroxylation is 1. The lowest BCUT2D eigenvalue weighted by Crippen LogP contribution is -2.49. The lowest BCUT2D eigenvalue weighted by atomic mass is 10.0. The first kappa shape index (κ1) is 29.6. The highest BCUT2D eigenvalue weighted by Gasteiger charge is 2.31. The summed E-state index contributed by atoms with van der Waals surface area (Å²) in [5.41, 5.74) is 0.995. The quantitative estimate of drug-likeness (QED) is 0.293. The zero-order valence-corrected chi connectivity index (χ0v) is 24.2. The molecule has 0 radical (unpaired) electrons. The van der Waals surface area contributed by atoms with Gasteiger partial charge in [-0.1, -0.05) is 12.1 Å². The normalized spacial score (nSPS) is 16.6. The average Bonchev–Trinajstić information content (AvgIpc) is 3.51. The number of rotatable bonds is 7. The molecule has 2 N–H and O–H groups in total. The second-order valence-electron chi connectivity index (χ2n) is 10.9. The standard InChI is InChI=1S/C31H33F3N8O2/c1-21-5-6-24(38-29(43)22-3-2-4-23(17-22)31(32,33)34)18-26(21)39-30-35-9-12-42(30)28-19-27(36-20-37-28)41-10-7-25(8-11-41)40-13-15-44-16-14-40/h2-6,9,12,17-20,25H,7-8,10-11,13-16H2,1H3,(H,35,39)(H,38,43). The van der Waals surface area contributed by atoms with Crippen LogP contribution in [0.5, 0.6) is 0 Å². The lowest BCUT2D eigenvalue weighted by Gasteiger charge is -2.40. The van der Waals surface area contributed by atoms with Gasteiger partial charge < -0.3 is 20.3 Å². The Hall–Kier alpha value is -4.49. The van der Waals surface area contributed by atoms with Gasteiger partial charge in [0.15, 0.2) is 0 Å². The number of piperidine rings is 1. The van der Waals surface area contributed by atoms with E-state index in [2.05, 4.69) is 35.4 Å².